The average molecular weight is 299 g/mol. The van der Waals surface area contributed by atoms with Gasteiger partial charge in [0.15, 0.2) is 0 Å². The SMILES string of the molecule is CNC(CS(=O)c1ccc2c(c1)CCC2)c1ccccc1. The molecule has 0 fully saturated rings. The molecule has 0 spiro atoms. The topological polar surface area (TPSA) is 29.1 Å². The molecule has 3 heteroatoms. The summed E-state index contributed by atoms with van der Waals surface area (Å²) in [6.07, 6.45) is 3.54. The van der Waals surface area contributed by atoms with Gasteiger partial charge in [-0.05, 0) is 55.1 Å². The minimum atomic E-state index is -0.969. The molecule has 110 valence electrons. The fourth-order valence-electron chi connectivity index (χ4n) is 2.97. The van der Waals surface area contributed by atoms with Gasteiger partial charge in [0.1, 0.15) is 0 Å². The first-order valence-electron chi connectivity index (χ1n) is 7.50. The smallest absolute Gasteiger partial charge is 0.0548 e. The monoisotopic (exact) mass is 299 g/mol. The zero-order valence-corrected chi connectivity index (χ0v) is 13.2. The van der Waals surface area contributed by atoms with Crippen LogP contribution in [0.5, 0.6) is 0 Å². The molecular formula is C18H21NOS. The molecule has 0 aromatic heterocycles. The van der Waals surface area contributed by atoms with E-state index in [1.807, 2.05) is 31.3 Å². The lowest BCUT2D eigenvalue weighted by molar-refractivity contribution is 0.635. The van der Waals surface area contributed by atoms with E-state index in [0.29, 0.717) is 5.75 Å². The van der Waals surface area contributed by atoms with Gasteiger partial charge in [0.2, 0.25) is 0 Å². The van der Waals surface area contributed by atoms with Crippen molar-refractivity contribution in [1.82, 2.24) is 5.32 Å². The maximum Gasteiger partial charge on any atom is 0.0548 e. The molecule has 2 atom stereocenters. The zero-order valence-electron chi connectivity index (χ0n) is 12.3. The molecule has 0 bridgehead atoms. The summed E-state index contributed by atoms with van der Waals surface area (Å²) in [5.41, 5.74) is 4.01. The number of hydrogen-bond acceptors (Lipinski definition) is 2. The van der Waals surface area contributed by atoms with Crippen molar-refractivity contribution in [3.05, 3.63) is 65.2 Å². The number of hydrogen-bond donors (Lipinski definition) is 1. The molecule has 2 aromatic rings. The Morgan fingerprint density at radius 2 is 1.86 bits per heavy atom. The van der Waals surface area contributed by atoms with Crippen molar-refractivity contribution in [1.29, 1.82) is 0 Å². The van der Waals surface area contributed by atoms with E-state index in [4.69, 9.17) is 0 Å². The number of fused-ring (bicyclic) bond motifs is 1. The van der Waals surface area contributed by atoms with Crippen molar-refractivity contribution in [2.24, 2.45) is 0 Å². The van der Waals surface area contributed by atoms with Gasteiger partial charge in [0.25, 0.3) is 0 Å². The molecule has 0 saturated carbocycles. The van der Waals surface area contributed by atoms with E-state index in [0.717, 1.165) is 11.3 Å². The van der Waals surface area contributed by atoms with Crippen LogP contribution in [-0.4, -0.2) is 17.0 Å². The first-order valence-corrected chi connectivity index (χ1v) is 8.82. The summed E-state index contributed by atoms with van der Waals surface area (Å²) in [6, 6.07) is 16.7. The minimum absolute atomic E-state index is 0.125. The summed E-state index contributed by atoms with van der Waals surface area (Å²) < 4.78 is 12.7. The third-order valence-electron chi connectivity index (χ3n) is 4.20. The van der Waals surface area contributed by atoms with Gasteiger partial charge in [-0.25, -0.2) is 0 Å². The van der Waals surface area contributed by atoms with E-state index in [1.165, 1.54) is 29.5 Å². The van der Waals surface area contributed by atoms with Gasteiger partial charge in [-0.15, -0.1) is 0 Å². The third kappa shape index (κ3) is 3.25. The molecule has 21 heavy (non-hydrogen) atoms. The lowest BCUT2D eigenvalue weighted by atomic mass is 10.1. The highest BCUT2D eigenvalue weighted by molar-refractivity contribution is 7.85. The highest BCUT2D eigenvalue weighted by Crippen LogP contribution is 2.25. The molecule has 2 unspecified atom stereocenters. The van der Waals surface area contributed by atoms with Crippen molar-refractivity contribution < 1.29 is 4.21 Å². The second-order valence-electron chi connectivity index (χ2n) is 5.55. The van der Waals surface area contributed by atoms with Crippen LogP contribution >= 0.6 is 0 Å². The van der Waals surface area contributed by atoms with E-state index in [2.05, 4.69) is 29.6 Å². The maximum atomic E-state index is 12.7. The molecule has 0 aliphatic heterocycles. The first-order chi connectivity index (χ1) is 10.3. The van der Waals surface area contributed by atoms with Crippen LogP contribution in [0.15, 0.2) is 53.4 Å². The van der Waals surface area contributed by atoms with Gasteiger partial charge < -0.3 is 5.32 Å². The van der Waals surface area contributed by atoms with Crippen molar-refractivity contribution >= 4 is 10.8 Å². The Morgan fingerprint density at radius 3 is 2.62 bits per heavy atom. The van der Waals surface area contributed by atoms with Crippen molar-refractivity contribution in [2.45, 2.75) is 30.2 Å². The zero-order chi connectivity index (χ0) is 14.7. The van der Waals surface area contributed by atoms with E-state index in [-0.39, 0.29) is 6.04 Å². The summed E-state index contributed by atoms with van der Waals surface area (Å²) in [5, 5.41) is 3.28. The molecule has 1 aliphatic rings. The highest BCUT2D eigenvalue weighted by atomic mass is 32.2. The predicted octanol–water partition coefficient (Wildman–Crippen LogP) is 3.24. The van der Waals surface area contributed by atoms with Crippen LogP contribution in [0.4, 0.5) is 0 Å². The molecule has 1 N–H and O–H groups in total. The molecular weight excluding hydrogens is 278 g/mol. The first kappa shape index (κ1) is 14.5. The fraction of sp³-hybridized carbons (Fsp3) is 0.333. The van der Waals surface area contributed by atoms with Gasteiger partial charge in [0, 0.05) is 16.7 Å². The van der Waals surface area contributed by atoms with Crippen molar-refractivity contribution in [2.75, 3.05) is 12.8 Å². The minimum Gasteiger partial charge on any atom is -0.312 e. The van der Waals surface area contributed by atoms with Crippen LogP contribution in [0.2, 0.25) is 0 Å². The van der Waals surface area contributed by atoms with E-state index < -0.39 is 10.8 Å². The molecule has 3 rings (SSSR count). The van der Waals surface area contributed by atoms with Gasteiger partial charge in [-0.1, -0.05) is 36.4 Å². The molecule has 1 aliphatic carbocycles. The lowest BCUT2D eigenvalue weighted by Gasteiger charge is -2.16. The average Bonchev–Trinajstić information content (AvgIpc) is 3.00. The van der Waals surface area contributed by atoms with Gasteiger partial charge >= 0.3 is 0 Å². The van der Waals surface area contributed by atoms with Crippen LogP contribution in [0.1, 0.15) is 29.2 Å². The summed E-state index contributed by atoms with van der Waals surface area (Å²) >= 11 is 0. The Balaban J connectivity index is 1.76. The van der Waals surface area contributed by atoms with Gasteiger partial charge in [-0.3, -0.25) is 4.21 Å². The van der Waals surface area contributed by atoms with E-state index in [1.54, 1.807) is 0 Å². The number of benzene rings is 2. The van der Waals surface area contributed by atoms with Crippen molar-refractivity contribution in [3.8, 4) is 0 Å². The second kappa shape index (κ2) is 6.54. The summed E-state index contributed by atoms with van der Waals surface area (Å²) in [7, 11) is 0.959. The fourth-order valence-corrected chi connectivity index (χ4v) is 4.32. The van der Waals surface area contributed by atoms with E-state index in [9.17, 15) is 4.21 Å². The molecule has 0 heterocycles. The van der Waals surface area contributed by atoms with Crippen LogP contribution < -0.4 is 5.32 Å². The number of aryl methyl sites for hydroxylation is 2. The molecule has 0 amide bonds. The standard InChI is InChI=1S/C18H21NOS/c1-19-18(15-6-3-2-4-7-15)13-21(20)17-11-10-14-8-5-9-16(14)12-17/h2-4,6-7,10-12,18-19H,5,8-9,13H2,1H3. The largest absolute Gasteiger partial charge is 0.312 e. The number of nitrogens with one attached hydrogen (secondary N) is 1. The Bertz CT molecular complexity index is 639. The molecule has 2 nitrogen and oxygen atoms in total. The Labute approximate surface area is 129 Å². The van der Waals surface area contributed by atoms with Crippen molar-refractivity contribution in [3.63, 3.8) is 0 Å². The lowest BCUT2D eigenvalue weighted by Crippen LogP contribution is -2.22. The Kier molecular flexibility index (Phi) is 4.51. The molecule has 0 radical (unpaired) electrons. The van der Waals surface area contributed by atoms with E-state index >= 15 is 0 Å². The van der Waals surface area contributed by atoms with Crippen LogP contribution in [0, 0.1) is 0 Å². The molecule has 2 aromatic carbocycles. The summed E-state index contributed by atoms with van der Waals surface area (Å²) in [4.78, 5) is 0.965. The summed E-state index contributed by atoms with van der Waals surface area (Å²) in [6.45, 7) is 0. The Morgan fingerprint density at radius 1 is 1.10 bits per heavy atom. The maximum absolute atomic E-state index is 12.7. The molecule has 0 saturated heterocycles. The highest BCUT2D eigenvalue weighted by Gasteiger charge is 2.17. The summed E-state index contributed by atoms with van der Waals surface area (Å²) in [5.74, 6) is 0.610. The predicted molar refractivity (Wildman–Crippen MR) is 88.0 cm³/mol. The van der Waals surface area contributed by atoms with Gasteiger partial charge in [0.05, 0.1) is 10.8 Å². The normalized spacial score (nSPS) is 16.4. The third-order valence-corrected chi connectivity index (χ3v) is 5.62. The van der Waals surface area contributed by atoms with Crippen LogP contribution in [0.3, 0.4) is 0 Å². The Hall–Kier alpha value is -1.45. The van der Waals surface area contributed by atoms with Crippen LogP contribution in [-0.2, 0) is 23.6 Å². The van der Waals surface area contributed by atoms with Gasteiger partial charge in [-0.2, -0.15) is 0 Å². The second-order valence-corrected chi connectivity index (χ2v) is 7.04. The quantitative estimate of drug-likeness (QED) is 0.918. The number of rotatable bonds is 5. The van der Waals surface area contributed by atoms with Crippen LogP contribution in [0.25, 0.3) is 0 Å².